The minimum Gasteiger partial charge on any atom is -0.0622 e. The van der Waals surface area contributed by atoms with Crippen molar-refractivity contribution in [3.8, 4) is 11.1 Å². The summed E-state index contributed by atoms with van der Waals surface area (Å²) < 4.78 is 0. The third-order valence-corrected chi connectivity index (χ3v) is 8.31. The predicted octanol–water partition coefficient (Wildman–Crippen LogP) is 8.46. The van der Waals surface area contributed by atoms with Crippen LogP contribution < -0.4 is 0 Å². The molecule has 0 spiro atoms. The average Bonchev–Trinajstić information content (AvgIpc) is 3.22. The van der Waals surface area contributed by atoms with Crippen molar-refractivity contribution in [2.45, 2.75) is 44.4 Å². The molecule has 164 valence electrons. The van der Waals surface area contributed by atoms with Gasteiger partial charge >= 0.3 is 0 Å². The highest BCUT2D eigenvalue weighted by Gasteiger charge is 2.46. The van der Waals surface area contributed by atoms with Crippen LogP contribution in [0.1, 0.15) is 53.9 Å². The van der Waals surface area contributed by atoms with Gasteiger partial charge in [0, 0.05) is 5.92 Å². The van der Waals surface area contributed by atoms with Crippen LogP contribution in [0.2, 0.25) is 0 Å². The standard InChI is InChI=1S/C33H32/c1-3-11-25(12-4-1)23-26-19-21-33(22-20-26,24-27-13-5-2-6-14-27)32-30-17-9-7-15-28(30)29-16-8-10-18-31(29)32/h1-18,26,32H,19-24H2. The van der Waals surface area contributed by atoms with Crippen LogP contribution in [0.25, 0.3) is 11.1 Å². The zero-order chi connectivity index (χ0) is 22.1. The fourth-order valence-corrected chi connectivity index (χ4v) is 6.79. The molecule has 1 saturated carbocycles. The highest BCUT2D eigenvalue weighted by Crippen LogP contribution is 2.59. The van der Waals surface area contributed by atoms with Gasteiger partial charge < -0.3 is 0 Å². The zero-order valence-corrected chi connectivity index (χ0v) is 19.3. The SMILES string of the molecule is c1ccc(CC2CCC(Cc3ccccc3)(C3c4ccccc4-c4ccccc43)CC2)cc1. The summed E-state index contributed by atoms with van der Waals surface area (Å²) in [7, 11) is 0. The van der Waals surface area contributed by atoms with Crippen LogP contribution in [0, 0.1) is 11.3 Å². The molecule has 0 bridgehead atoms. The number of rotatable bonds is 5. The summed E-state index contributed by atoms with van der Waals surface area (Å²) >= 11 is 0. The Bertz CT molecular complexity index is 1170. The maximum Gasteiger partial charge on any atom is 0.0161 e. The first-order chi connectivity index (χ1) is 16.3. The van der Waals surface area contributed by atoms with Crippen molar-refractivity contribution in [1.82, 2.24) is 0 Å². The topological polar surface area (TPSA) is 0 Å². The van der Waals surface area contributed by atoms with Gasteiger partial charge in [0.05, 0.1) is 0 Å². The van der Waals surface area contributed by atoms with E-state index in [1.54, 1.807) is 11.1 Å². The van der Waals surface area contributed by atoms with Crippen molar-refractivity contribution in [2.24, 2.45) is 11.3 Å². The van der Waals surface area contributed by atoms with E-state index in [0.717, 1.165) is 5.92 Å². The smallest absolute Gasteiger partial charge is 0.0161 e. The molecule has 0 aromatic heterocycles. The first-order valence-electron chi connectivity index (χ1n) is 12.6. The minimum atomic E-state index is 0.275. The fourth-order valence-electron chi connectivity index (χ4n) is 6.79. The van der Waals surface area contributed by atoms with E-state index in [0.29, 0.717) is 5.92 Å². The van der Waals surface area contributed by atoms with Crippen molar-refractivity contribution < 1.29 is 0 Å². The molecular weight excluding hydrogens is 396 g/mol. The summed E-state index contributed by atoms with van der Waals surface area (Å²) in [4.78, 5) is 0. The monoisotopic (exact) mass is 428 g/mol. The lowest BCUT2D eigenvalue weighted by Crippen LogP contribution is -2.36. The molecule has 0 nitrogen and oxygen atoms in total. The van der Waals surface area contributed by atoms with Crippen LogP contribution in [0.4, 0.5) is 0 Å². The molecule has 0 heteroatoms. The van der Waals surface area contributed by atoms with Gasteiger partial charge in [-0.2, -0.15) is 0 Å². The van der Waals surface area contributed by atoms with E-state index < -0.39 is 0 Å². The lowest BCUT2D eigenvalue weighted by Gasteiger charge is -2.46. The highest BCUT2D eigenvalue weighted by atomic mass is 14.5. The van der Waals surface area contributed by atoms with E-state index in [1.807, 2.05) is 0 Å². The summed E-state index contributed by atoms with van der Waals surface area (Å²) in [6.45, 7) is 0. The van der Waals surface area contributed by atoms with E-state index in [2.05, 4.69) is 109 Å². The molecule has 0 N–H and O–H groups in total. The Morgan fingerprint density at radius 1 is 0.545 bits per heavy atom. The Morgan fingerprint density at radius 2 is 1.03 bits per heavy atom. The first-order valence-corrected chi connectivity index (χ1v) is 12.6. The van der Waals surface area contributed by atoms with E-state index in [4.69, 9.17) is 0 Å². The molecule has 0 heterocycles. The molecule has 2 aliphatic carbocycles. The molecule has 0 atom stereocenters. The van der Waals surface area contributed by atoms with Crippen molar-refractivity contribution in [3.05, 3.63) is 131 Å². The summed E-state index contributed by atoms with van der Waals surface area (Å²) in [5.41, 5.74) is 9.27. The second-order valence-electron chi connectivity index (χ2n) is 10.3. The van der Waals surface area contributed by atoms with E-state index in [1.165, 1.54) is 60.8 Å². The maximum absolute atomic E-state index is 2.41. The van der Waals surface area contributed by atoms with Crippen LogP contribution in [0.5, 0.6) is 0 Å². The molecule has 33 heavy (non-hydrogen) atoms. The average molecular weight is 429 g/mol. The Kier molecular flexibility index (Phi) is 5.38. The van der Waals surface area contributed by atoms with Crippen molar-refractivity contribution in [3.63, 3.8) is 0 Å². The lowest BCUT2D eigenvalue weighted by molar-refractivity contribution is 0.127. The zero-order valence-electron chi connectivity index (χ0n) is 19.3. The van der Waals surface area contributed by atoms with E-state index >= 15 is 0 Å². The predicted molar refractivity (Wildman–Crippen MR) is 138 cm³/mol. The van der Waals surface area contributed by atoms with Gasteiger partial charge in [-0.1, -0.05) is 109 Å². The molecule has 0 saturated heterocycles. The second kappa shape index (κ2) is 8.67. The molecule has 0 aliphatic heterocycles. The molecule has 1 fully saturated rings. The Labute approximate surface area is 198 Å². The summed E-state index contributed by atoms with van der Waals surface area (Å²) in [6, 6.07) is 40.7. The Balaban J connectivity index is 1.37. The molecule has 6 rings (SSSR count). The van der Waals surface area contributed by atoms with Crippen molar-refractivity contribution in [2.75, 3.05) is 0 Å². The summed E-state index contributed by atoms with van der Waals surface area (Å²) in [6.07, 6.45) is 7.63. The van der Waals surface area contributed by atoms with Gasteiger partial charge in [-0.3, -0.25) is 0 Å². The van der Waals surface area contributed by atoms with Gasteiger partial charge in [-0.05, 0) is 83.2 Å². The highest BCUT2D eigenvalue weighted by molar-refractivity contribution is 5.79. The second-order valence-corrected chi connectivity index (χ2v) is 10.3. The van der Waals surface area contributed by atoms with E-state index in [-0.39, 0.29) is 5.41 Å². The van der Waals surface area contributed by atoms with E-state index in [9.17, 15) is 0 Å². The third kappa shape index (κ3) is 3.82. The molecule has 0 unspecified atom stereocenters. The number of hydrogen-bond donors (Lipinski definition) is 0. The van der Waals surface area contributed by atoms with Gasteiger partial charge in [-0.15, -0.1) is 0 Å². The molecule has 2 aliphatic rings. The van der Waals surface area contributed by atoms with Gasteiger partial charge in [0.25, 0.3) is 0 Å². The van der Waals surface area contributed by atoms with Gasteiger partial charge in [-0.25, -0.2) is 0 Å². The van der Waals surface area contributed by atoms with Crippen LogP contribution in [0.15, 0.2) is 109 Å². The van der Waals surface area contributed by atoms with Crippen LogP contribution >= 0.6 is 0 Å². The largest absolute Gasteiger partial charge is 0.0622 e. The quantitative estimate of drug-likeness (QED) is 0.299. The first kappa shape index (κ1) is 20.5. The maximum atomic E-state index is 2.41. The summed E-state index contributed by atoms with van der Waals surface area (Å²) in [5, 5.41) is 0. The number of hydrogen-bond acceptors (Lipinski definition) is 0. The number of benzene rings is 4. The van der Waals surface area contributed by atoms with Gasteiger partial charge in [0.2, 0.25) is 0 Å². The van der Waals surface area contributed by atoms with Crippen LogP contribution in [-0.2, 0) is 12.8 Å². The van der Waals surface area contributed by atoms with Crippen molar-refractivity contribution in [1.29, 1.82) is 0 Å². The van der Waals surface area contributed by atoms with Gasteiger partial charge in [0.1, 0.15) is 0 Å². The van der Waals surface area contributed by atoms with Crippen LogP contribution in [0.3, 0.4) is 0 Å². The lowest BCUT2D eigenvalue weighted by atomic mass is 9.58. The Hall–Kier alpha value is -3.12. The summed E-state index contributed by atoms with van der Waals surface area (Å²) in [5.74, 6) is 1.28. The van der Waals surface area contributed by atoms with Gasteiger partial charge in [0.15, 0.2) is 0 Å². The van der Waals surface area contributed by atoms with Crippen LogP contribution in [-0.4, -0.2) is 0 Å². The molecule has 0 amide bonds. The van der Waals surface area contributed by atoms with Crippen molar-refractivity contribution >= 4 is 0 Å². The fraction of sp³-hybridized carbons (Fsp3) is 0.273. The third-order valence-electron chi connectivity index (χ3n) is 8.31. The Morgan fingerprint density at radius 3 is 1.61 bits per heavy atom. The normalized spacial score (nSPS) is 22.0. The molecule has 4 aromatic rings. The molecule has 4 aromatic carbocycles. The minimum absolute atomic E-state index is 0.275. The molecule has 0 radical (unpaired) electrons. The number of fused-ring (bicyclic) bond motifs is 3. The molecular formula is C33H32.